The lowest BCUT2D eigenvalue weighted by Gasteiger charge is -2.31. The first-order chi connectivity index (χ1) is 8.10. The Kier molecular flexibility index (Phi) is 5.40. The second-order valence-electron chi connectivity index (χ2n) is 4.90. The Morgan fingerprint density at radius 1 is 1.53 bits per heavy atom. The van der Waals surface area contributed by atoms with Gasteiger partial charge in [-0.1, -0.05) is 13.3 Å². The van der Waals surface area contributed by atoms with Crippen molar-refractivity contribution in [3.63, 3.8) is 0 Å². The highest BCUT2D eigenvalue weighted by Crippen LogP contribution is 2.40. The van der Waals surface area contributed by atoms with Gasteiger partial charge >= 0.3 is 5.97 Å². The van der Waals surface area contributed by atoms with E-state index >= 15 is 0 Å². The van der Waals surface area contributed by atoms with Crippen LogP contribution in [0.1, 0.15) is 39.5 Å². The van der Waals surface area contributed by atoms with Gasteiger partial charge in [-0.15, -0.1) is 0 Å². The number of hydrogen-bond acceptors (Lipinski definition) is 4. The monoisotopic (exact) mass is 243 g/mol. The second kappa shape index (κ2) is 6.36. The molecule has 0 amide bonds. The molecule has 2 unspecified atom stereocenters. The maximum Gasteiger partial charge on any atom is 0.328 e. The van der Waals surface area contributed by atoms with E-state index in [0.717, 1.165) is 25.7 Å². The van der Waals surface area contributed by atoms with Crippen LogP contribution in [0.3, 0.4) is 0 Å². The van der Waals surface area contributed by atoms with Crippen LogP contribution in [0.2, 0.25) is 0 Å². The molecule has 0 aliphatic heterocycles. The Morgan fingerprint density at radius 3 is 2.59 bits per heavy atom. The van der Waals surface area contributed by atoms with Crippen molar-refractivity contribution in [1.82, 2.24) is 5.32 Å². The highest BCUT2D eigenvalue weighted by molar-refractivity contribution is 5.82. The number of hydrogen-bond donors (Lipinski definition) is 1. The number of methoxy groups -OCH3 is 1. The molecule has 4 heteroatoms. The van der Waals surface area contributed by atoms with Crippen molar-refractivity contribution in [2.24, 2.45) is 5.92 Å². The number of esters is 1. The standard InChI is InChI=1S/C13H25NO3/c1-5-6-10(2)17-9-13(14-3,11-7-8-11)12(15)16-4/h10-11,14H,5-9H2,1-4H3. The van der Waals surface area contributed by atoms with Crippen LogP contribution in [0, 0.1) is 5.92 Å². The molecule has 0 aromatic carbocycles. The Morgan fingerprint density at radius 2 is 2.18 bits per heavy atom. The van der Waals surface area contributed by atoms with Crippen LogP contribution in [0.4, 0.5) is 0 Å². The zero-order valence-corrected chi connectivity index (χ0v) is 11.4. The van der Waals surface area contributed by atoms with Crippen molar-refractivity contribution in [1.29, 1.82) is 0 Å². The fourth-order valence-corrected chi connectivity index (χ4v) is 2.24. The van der Waals surface area contributed by atoms with Gasteiger partial charge < -0.3 is 14.8 Å². The van der Waals surface area contributed by atoms with E-state index in [1.165, 1.54) is 7.11 Å². The lowest BCUT2D eigenvalue weighted by Crippen LogP contribution is -2.57. The topological polar surface area (TPSA) is 47.6 Å². The number of ether oxygens (including phenoxy) is 2. The molecule has 1 N–H and O–H groups in total. The minimum Gasteiger partial charge on any atom is -0.468 e. The molecule has 17 heavy (non-hydrogen) atoms. The van der Waals surface area contributed by atoms with Crippen LogP contribution in [-0.2, 0) is 14.3 Å². The summed E-state index contributed by atoms with van der Waals surface area (Å²) in [6.07, 6.45) is 4.44. The van der Waals surface area contributed by atoms with Crippen molar-refractivity contribution in [3.05, 3.63) is 0 Å². The van der Waals surface area contributed by atoms with E-state index < -0.39 is 5.54 Å². The molecule has 0 spiro atoms. The average Bonchev–Trinajstić information content (AvgIpc) is 3.15. The number of likely N-dealkylation sites (N-methyl/N-ethyl adjacent to an activating group) is 1. The molecular weight excluding hydrogens is 218 g/mol. The normalized spacial score (nSPS) is 20.7. The molecule has 4 nitrogen and oxygen atoms in total. The maximum absolute atomic E-state index is 12.0. The summed E-state index contributed by atoms with van der Waals surface area (Å²) in [5, 5.41) is 3.13. The van der Waals surface area contributed by atoms with Gasteiger partial charge in [0.2, 0.25) is 0 Å². The molecular formula is C13H25NO3. The molecule has 0 aromatic heterocycles. The van der Waals surface area contributed by atoms with E-state index in [9.17, 15) is 4.79 Å². The van der Waals surface area contributed by atoms with Crippen molar-refractivity contribution in [2.75, 3.05) is 20.8 Å². The number of carbonyl (C=O) groups excluding carboxylic acids is 1. The molecule has 1 aliphatic rings. The summed E-state index contributed by atoms with van der Waals surface area (Å²) in [6.45, 7) is 4.59. The Bertz CT molecular complexity index is 253. The minimum absolute atomic E-state index is 0.191. The molecule has 1 aliphatic carbocycles. The Hall–Kier alpha value is -0.610. The summed E-state index contributed by atoms with van der Waals surface area (Å²) >= 11 is 0. The van der Waals surface area contributed by atoms with E-state index in [2.05, 4.69) is 12.2 Å². The molecule has 0 saturated heterocycles. The smallest absolute Gasteiger partial charge is 0.328 e. The number of carbonyl (C=O) groups is 1. The van der Waals surface area contributed by atoms with Crippen molar-refractivity contribution < 1.29 is 14.3 Å². The van der Waals surface area contributed by atoms with Gasteiger partial charge in [-0.2, -0.15) is 0 Å². The zero-order chi connectivity index (χ0) is 12.9. The van der Waals surface area contributed by atoms with Crippen LogP contribution in [0.25, 0.3) is 0 Å². The molecule has 1 saturated carbocycles. The first-order valence-electron chi connectivity index (χ1n) is 6.49. The molecule has 1 fully saturated rings. The van der Waals surface area contributed by atoms with Crippen molar-refractivity contribution in [3.8, 4) is 0 Å². The predicted molar refractivity (Wildman–Crippen MR) is 66.9 cm³/mol. The molecule has 100 valence electrons. The lowest BCUT2D eigenvalue weighted by atomic mass is 9.94. The van der Waals surface area contributed by atoms with Crippen LogP contribution >= 0.6 is 0 Å². The summed E-state index contributed by atoms with van der Waals surface area (Å²) in [7, 11) is 3.25. The number of nitrogens with one attached hydrogen (secondary N) is 1. The van der Waals surface area contributed by atoms with Crippen LogP contribution in [-0.4, -0.2) is 38.4 Å². The van der Waals surface area contributed by atoms with Crippen LogP contribution in [0.15, 0.2) is 0 Å². The van der Waals surface area contributed by atoms with Crippen molar-refractivity contribution >= 4 is 5.97 Å². The van der Waals surface area contributed by atoms with E-state index in [0.29, 0.717) is 12.5 Å². The highest BCUT2D eigenvalue weighted by Gasteiger charge is 2.51. The molecule has 0 aromatic rings. The Balaban J connectivity index is 2.60. The van der Waals surface area contributed by atoms with E-state index in [1.807, 2.05) is 14.0 Å². The van der Waals surface area contributed by atoms with E-state index in [-0.39, 0.29) is 12.1 Å². The van der Waals surface area contributed by atoms with Gasteiger partial charge in [-0.05, 0) is 39.2 Å². The minimum atomic E-state index is -0.642. The lowest BCUT2D eigenvalue weighted by molar-refractivity contribution is -0.153. The average molecular weight is 243 g/mol. The molecule has 1 rings (SSSR count). The maximum atomic E-state index is 12.0. The van der Waals surface area contributed by atoms with Crippen molar-refractivity contribution in [2.45, 2.75) is 51.2 Å². The quantitative estimate of drug-likeness (QED) is 0.660. The summed E-state index contributed by atoms with van der Waals surface area (Å²) in [5.41, 5.74) is -0.642. The Labute approximate surface area is 104 Å². The third kappa shape index (κ3) is 3.42. The fraction of sp³-hybridized carbons (Fsp3) is 0.923. The third-order valence-corrected chi connectivity index (χ3v) is 3.56. The predicted octanol–water partition coefficient (Wildman–Crippen LogP) is 1.73. The zero-order valence-electron chi connectivity index (χ0n) is 11.4. The summed E-state index contributed by atoms with van der Waals surface area (Å²) < 4.78 is 10.7. The first kappa shape index (κ1) is 14.5. The largest absolute Gasteiger partial charge is 0.468 e. The molecule has 0 radical (unpaired) electrons. The fourth-order valence-electron chi connectivity index (χ4n) is 2.24. The SMILES string of the molecule is CCCC(C)OCC(NC)(C(=O)OC)C1CC1. The molecule has 2 atom stereocenters. The van der Waals surface area contributed by atoms with E-state index in [4.69, 9.17) is 9.47 Å². The van der Waals surface area contributed by atoms with Gasteiger partial charge in [-0.3, -0.25) is 0 Å². The summed E-state index contributed by atoms with van der Waals surface area (Å²) in [5.74, 6) is 0.153. The summed E-state index contributed by atoms with van der Waals surface area (Å²) in [4.78, 5) is 12.0. The van der Waals surface area contributed by atoms with Gasteiger partial charge in [0.25, 0.3) is 0 Å². The van der Waals surface area contributed by atoms with Gasteiger partial charge in [0, 0.05) is 0 Å². The molecule has 0 heterocycles. The molecule has 0 bridgehead atoms. The van der Waals surface area contributed by atoms with E-state index in [1.54, 1.807) is 0 Å². The van der Waals surface area contributed by atoms with Gasteiger partial charge in [0.05, 0.1) is 19.8 Å². The third-order valence-electron chi connectivity index (χ3n) is 3.56. The van der Waals surface area contributed by atoms with Crippen LogP contribution in [0.5, 0.6) is 0 Å². The second-order valence-corrected chi connectivity index (χ2v) is 4.90. The highest BCUT2D eigenvalue weighted by atomic mass is 16.5. The van der Waals surface area contributed by atoms with Gasteiger partial charge in [0.1, 0.15) is 5.54 Å². The van der Waals surface area contributed by atoms with Crippen LogP contribution < -0.4 is 5.32 Å². The first-order valence-corrected chi connectivity index (χ1v) is 6.49. The van der Waals surface area contributed by atoms with Gasteiger partial charge in [-0.25, -0.2) is 4.79 Å². The summed E-state index contributed by atoms with van der Waals surface area (Å²) in [6, 6.07) is 0. The van der Waals surface area contributed by atoms with Gasteiger partial charge in [0.15, 0.2) is 0 Å². The number of rotatable bonds is 8.